The maximum atomic E-state index is 10.8. The quantitative estimate of drug-likeness (QED) is 0.768. The minimum Gasteiger partial charge on any atom is -0.478 e. The predicted octanol–water partition coefficient (Wildman–Crippen LogP) is 3.31. The number of fused-ring (bicyclic) bond motifs is 1. The van der Waals surface area contributed by atoms with E-state index in [-0.39, 0.29) is 17.1 Å². The summed E-state index contributed by atoms with van der Waals surface area (Å²) in [5.41, 5.74) is 5.98. The van der Waals surface area contributed by atoms with Crippen LogP contribution in [0.15, 0.2) is 54.7 Å². The zero-order valence-corrected chi connectivity index (χ0v) is 11.0. The van der Waals surface area contributed by atoms with Crippen LogP contribution in [-0.4, -0.2) is 16.1 Å². The van der Waals surface area contributed by atoms with E-state index < -0.39 is 5.97 Å². The van der Waals surface area contributed by atoms with Crippen LogP contribution >= 0.6 is 0 Å². The zero-order chi connectivity index (χ0) is 14.8. The van der Waals surface area contributed by atoms with Gasteiger partial charge in [0.2, 0.25) is 5.88 Å². The lowest BCUT2D eigenvalue weighted by Crippen LogP contribution is -2.01. The molecule has 0 unspecified atom stereocenters. The number of ether oxygens (including phenoxy) is 1. The number of benzene rings is 2. The Morgan fingerprint density at radius 1 is 1.10 bits per heavy atom. The number of pyridine rings is 1. The van der Waals surface area contributed by atoms with E-state index in [0.717, 1.165) is 10.8 Å². The first kappa shape index (κ1) is 12.9. The van der Waals surface area contributed by atoms with Crippen LogP contribution in [0.25, 0.3) is 10.8 Å². The van der Waals surface area contributed by atoms with Crippen molar-refractivity contribution in [3.05, 3.63) is 60.3 Å². The summed E-state index contributed by atoms with van der Waals surface area (Å²) in [5.74, 6) is -0.294. The first-order chi connectivity index (χ1) is 10.1. The number of hydrogen-bond donors (Lipinski definition) is 2. The molecule has 0 atom stereocenters. The van der Waals surface area contributed by atoms with Crippen molar-refractivity contribution in [3.8, 4) is 11.6 Å². The van der Waals surface area contributed by atoms with Crippen molar-refractivity contribution in [1.29, 1.82) is 0 Å². The number of aromatic carboxylic acids is 1. The van der Waals surface area contributed by atoms with Gasteiger partial charge in [0.05, 0.1) is 11.3 Å². The Morgan fingerprint density at radius 2 is 1.86 bits per heavy atom. The second-order valence-electron chi connectivity index (χ2n) is 4.53. The molecule has 21 heavy (non-hydrogen) atoms. The largest absolute Gasteiger partial charge is 0.478 e. The smallest absolute Gasteiger partial charge is 0.337 e. The Bertz CT molecular complexity index is 831. The highest BCUT2D eigenvalue weighted by molar-refractivity contribution is 5.88. The minimum absolute atomic E-state index is 0.0263. The average molecular weight is 280 g/mol. The topological polar surface area (TPSA) is 85.4 Å². The Kier molecular flexibility index (Phi) is 3.16. The van der Waals surface area contributed by atoms with Crippen molar-refractivity contribution in [2.24, 2.45) is 0 Å². The summed E-state index contributed by atoms with van der Waals surface area (Å²) in [7, 11) is 0. The van der Waals surface area contributed by atoms with Gasteiger partial charge in [-0.25, -0.2) is 9.78 Å². The van der Waals surface area contributed by atoms with Crippen LogP contribution in [0.5, 0.6) is 11.6 Å². The molecule has 3 rings (SSSR count). The van der Waals surface area contributed by atoms with E-state index in [1.165, 1.54) is 12.3 Å². The SMILES string of the molecule is Nc1cc(C(=O)O)cnc1Oc1ccc2ccccc2c1. The monoisotopic (exact) mass is 280 g/mol. The van der Waals surface area contributed by atoms with Crippen molar-refractivity contribution in [2.75, 3.05) is 5.73 Å². The molecule has 3 N–H and O–H groups in total. The van der Waals surface area contributed by atoms with Gasteiger partial charge in [0.25, 0.3) is 0 Å². The average Bonchev–Trinajstić information content (AvgIpc) is 2.49. The molecule has 0 spiro atoms. The van der Waals surface area contributed by atoms with Gasteiger partial charge >= 0.3 is 5.97 Å². The van der Waals surface area contributed by atoms with E-state index in [1.54, 1.807) is 0 Å². The fraction of sp³-hybridized carbons (Fsp3) is 0. The van der Waals surface area contributed by atoms with E-state index in [1.807, 2.05) is 42.5 Å². The molecule has 0 amide bonds. The van der Waals surface area contributed by atoms with Crippen molar-refractivity contribution in [1.82, 2.24) is 4.98 Å². The molecule has 104 valence electrons. The molecular weight excluding hydrogens is 268 g/mol. The Labute approximate surface area is 120 Å². The maximum Gasteiger partial charge on any atom is 0.337 e. The van der Waals surface area contributed by atoms with Crippen molar-refractivity contribution in [2.45, 2.75) is 0 Å². The van der Waals surface area contributed by atoms with Crippen LogP contribution in [-0.2, 0) is 0 Å². The second kappa shape index (κ2) is 5.13. The first-order valence-corrected chi connectivity index (χ1v) is 6.29. The molecule has 3 aromatic rings. The lowest BCUT2D eigenvalue weighted by Gasteiger charge is -2.08. The van der Waals surface area contributed by atoms with Gasteiger partial charge in [-0.05, 0) is 29.0 Å². The summed E-state index contributed by atoms with van der Waals surface area (Å²) in [5, 5.41) is 11.0. The third kappa shape index (κ3) is 2.62. The normalized spacial score (nSPS) is 10.5. The highest BCUT2D eigenvalue weighted by Crippen LogP contribution is 2.28. The van der Waals surface area contributed by atoms with Crippen LogP contribution in [0.1, 0.15) is 10.4 Å². The van der Waals surface area contributed by atoms with Gasteiger partial charge in [-0.1, -0.05) is 30.3 Å². The molecule has 0 aliphatic rings. The third-order valence-corrected chi connectivity index (χ3v) is 3.06. The number of carboxylic acid groups (broad SMARTS) is 1. The number of carbonyl (C=O) groups is 1. The summed E-state index contributed by atoms with van der Waals surface area (Å²) < 4.78 is 5.62. The van der Waals surface area contributed by atoms with Gasteiger partial charge in [0.1, 0.15) is 5.75 Å². The van der Waals surface area contributed by atoms with Gasteiger partial charge in [-0.15, -0.1) is 0 Å². The lowest BCUT2D eigenvalue weighted by molar-refractivity contribution is 0.0696. The Hall–Kier alpha value is -3.08. The molecule has 0 bridgehead atoms. The molecule has 0 aliphatic heterocycles. The highest BCUT2D eigenvalue weighted by atomic mass is 16.5. The molecule has 0 saturated heterocycles. The fourth-order valence-electron chi connectivity index (χ4n) is 2.01. The predicted molar refractivity (Wildman–Crippen MR) is 79.6 cm³/mol. The summed E-state index contributed by atoms with van der Waals surface area (Å²) in [4.78, 5) is 14.8. The van der Waals surface area contributed by atoms with Crippen LogP contribution in [0, 0.1) is 0 Å². The molecule has 1 aromatic heterocycles. The zero-order valence-electron chi connectivity index (χ0n) is 11.0. The van der Waals surface area contributed by atoms with E-state index in [2.05, 4.69) is 4.98 Å². The number of nitrogens with zero attached hydrogens (tertiary/aromatic N) is 1. The summed E-state index contributed by atoms with van der Waals surface area (Å²) in [6, 6.07) is 14.8. The molecule has 0 aliphatic carbocycles. The van der Waals surface area contributed by atoms with Crippen LogP contribution in [0.3, 0.4) is 0 Å². The van der Waals surface area contributed by atoms with E-state index in [0.29, 0.717) is 5.75 Å². The molecule has 1 heterocycles. The second-order valence-corrected chi connectivity index (χ2v) is 4.53. The van der Waals surface area contributed by atoms with Crippen molar-refractivity contribution >= 4 is 22.4 Å². The lowest BCUT2D eigenvalue weighted by atomic mass is 10.1. The first-order valence-electron chi connectivity index (χ1n) is 6.29. The number of nitrogen functional groups attached to an aromatic ring is 1. The summed E-state index contributed by atoms with van der Waals surface area (Å²) >= 11 is 0. The molecule has 5 heteroatoms. The number of anilines is 1. The number of hydrogen-bond acceptors (Lipinski definition) is 4. The van der Waals surface area contributed by atoms with Gasteiger partial charge in [0, 0.05) is 6.20 Å². The summed E-state index contributed by atoms with van der Waals surface area (Å²) in [6.45, 7) is 0. The van der Waals surface area contributed by atoms with Gasteiger partial charge in [-0.3, -0.25) is 0 Å². The fourth-order valence-corrected chi connectivity index (χ4v) is 2.01. The molecule has 0 radical (unpaired) electrons. The molecule has 2 aromatic carbocycles. The van der Waals surface area contributed by atoms with Crippen LogP contribution < -0.4 is 10.5 Å². The van der Waals surface area contributed by atoms with E-state index >= 15 is 0 Å². The standard InChI is InChI=1S/C16H12N2O3/c17-14-8-12(16(19)20)9-18-15(14)21-13-6-5-10-3-1-2-4-11(10)7-13/h1-9H,17H2,(H,19,20). The number of rotatable bonds is 3. The molecular formula is C16H12N2O3. The van der Waals surface area contributed by atoms with Crippen LogP contribution in [0.4, 0.5) is 5.69 Å². The van der Waals surface area contributed by atoms with Gasteiger partial charge in [0.15, 0.2) is 0 Å². The minimum atomic E-state index is -1.08. The molecule has 5 nitrogen and oxygen atoms in total. The van der Waals surface area contributed by atoms with Crippen LogP contribution in [0.2, 0.25) is 0 Å². The molecule has 0 fully saturated rings. The Morgan fingerprint density at radius 3 is 2.57 bits per heavy atom. The number of nitrogens with two attached hydrogens (primary N) is 1. The molecule has 0 saturated carbocycles. The van der Waals surface area contributed by atoms with Crippen molar-refractivity contribution < 1.29 is 14.6 Å². The maximum absolute atomic E-state index is 10.8. The number of aromatic nitrogens is 1. The third-order valence-electron chi connectivity index (χ3n) is 3.06. The van der Waals surface area contributed by atoms with E-state index in [4.69, 9.17) is 15.6 Å². The van der Waals surface area contributed by atoms with Gasteiger partial charge < -0.3 is 15.6 Å². The summed E-state index contributed by atoms with van der Waals surface area (Å²) in [6.07, 6.45) is 1.22. The Balaban J connectivity index is 1.93. The van der Waals surface area contributed by atoms with Crippen molar-refractivity contribution in [3.63, 3.8) is 0 Å². The van der Waals surface area contributed by atoms with Gasteiger partial charge in [-0.2, -0.15) is 0 Å². The number of carboxylic acids is 1. The van der Waals surface area contributed by atoms with E-state index in [9.17, 15) is 4.79 Å². The highest BCUT2D eigenvalue weighted by Gasteiger charge is 2.09.